The van der Waals surface area contributed by atoms with Gasteiger partial charge in [0.2, 0.25) is 0 Å². The summed E-state index contributed by atoms with van der Waals surface area (Å²) in [5.41, 5.74) is 2.25. The molecule has 0 spiro atoms. The molecule has 0 atom stereocenters. The maximum atomic E-state index is 11.7. The lowest BCUT2D eigenvalue weighted by molar-refractivity contribution is 0.751. The van der Waals surface area contributed by atoms with Crippen LogP contribution in [-0.2, 0) is 6.54 Å². The second-order valence-corrected chi connectivity index (χ2v) is 4.58. The number of pyridine rings is 1. The Hall–Kier alpha value is -1.83. The Balaban J connectivity index is 2.29. The van der Waals surface area contributed by atoms with Crippen LogP contribution in [0.15, 0.2) is 53.6 Å². The van der Waals surface area contributed by atoms with Crippen LogP contribution in [-0.4, -0.2) is 4.57 Å². The molecule has 0 amide bonds. The molecule has 2 heteroatoms. The third-order valence-corrected chi connectivity index (χ3v) is 2.84. The third kappa shape index (κ3) is 2.84. The lowest BCUT2D eigenvalue weighted by Gasteiger charge is -2.10. The van der Waals surface area contributed by atoms with Gasteiger partial charge in [-0.25, -0.2) is 0 Å². The molecule has 0 unspecified atom stereocenters. The SMILES string of the molecule is CC(C)c1cn(Cc2ccccc2)ccc1=O. The predicted molar refractivity (Wildman–Crippen MR) is 70.3 cm³/mol. The van der Waals surface area contributed by atoms with Gasteiger partial charge in [-0.3, -0.25) is 4.79 Å². The first kappa shape index (κ1) is 11.6. The van der Waals surface area contributed by atoms with Gasteiger partial charge in [-0.2, -0.15) is 0 Å². The molecular formula is C15H17NO. The third-order valence-electron chi connectivity index (χ3n) is 2.84. The van der Waals surface area contributed by atoms with Crippen LogP contribution < -0.4 is 5.43 Å². The summed E-state index contributed by atoms with van der Waals surface area (Å²) in [6.07, 6.45) is 3.81. The molecule has 2 aromatic rings. The maximum absolute atomic E-state index is 11.7. The molecule has 1 aromatic heterocycles. The smallest absolute Gasteiger partial charge is 0.184 e. The summed E-state index contributed by atoms with van der Waals surface area (Å²) in [6, 6.07) is 11.9. The largest absolute Gasteiger partial charge is 0.349 e. The van der Waals surface area contributed by atoms with Gasteiger partial charge in [0.1, 0.15) is 0 Å². The first-order valence-corrected chi connectivity index (χ1v) is 5.91. The fourth-order valence-electron chi connectivity index (χ4n) is 1.87. The summed E-state index contributed by atoms with van der Waals surface area (Å²) in [7, 11) is 0. The van der Waals surface area contributed by atoms with E-state index in [0.29, 0.717) is 0 Å². The Kier molecular flexibility index (Phi) is 3.43. The highest BCUT2D eigenvalue weighted by atomic mass is 16.1. The average molecular weight is 227 g/mol. The van der Waals surface area contributed by atoms with Crippen molar-refractivity contribution < 1.29 is 0 Å². The summed E-state index contributed by atoms with van der Waals surface area (Å²) < 4.78 is 2.06. The van der Waals surface area contributed by atoms with Gasteiger partial charge >= 0.3 is 0 Å². The summed E-state index contributed by atoms with van der Waals surface area (Å²) in [6.45, 7) is 4.90. The van der Waals surface area contributed by atoms with Crippen molar-refractivity contribution in [3.05, 3.63) is 70.1 Å². The minimum absolute atomic E-state index is 0.129. The van der Waals surface area contributed by atoms with Crippen LogP contribution in [0, 0.1) is 0 Å². The molecule has 0 aliphatic rings. The Morgan fingerprint density at radius 3 is 2.47 bits per heavy atom. The van der Waals surface area contributed by atoms with Gasteiger partial charge in [0.25, 0.3) is 0 Å². The molecule has 0 saturated carbocycles. The highest BCUT2D eigenvalue weighted by Gasteiger charge is 2.04. The van der Waals surface area contributed by atoms with E-state index >= 15 is 0 Å². The fourth-order valence-corrected chi connectivity index (χ4v) is 1.87. The molecule has 1 aromatic carbocycles. The minimum Gasteiger partial charge on any atom is -0.349 e. The number of aromatic nitrogens is 1. The standard InChI is InChI=1S/C15H17NO/c1-12(2)14-11-16(9-8-15(14)17)10-13-6-4-3-5-7-13/h3-9,11-12H,10H2,1-2H3. The van der Waals surface area contributed by atoms with Gasteiger partial charge in [-0.15, -0.1) is 0 Å². The van der Waals surface area contributed by atoms with Gasteiger partial charge < -0.3 is 4.57 Å². The normalized spacial score (nSPS) is 10.8. The zero-order valence-corrected chi connectivity index (χ0v) is 10.3. The molecule has 0 fully saturated rings. The van der Waals surface area contributed by atoms with Crippen LogP contribution in [0.4, 0.5) is 0 Å². The molecule has 0 aliphatic heterocycles. The van der Waals surface area contributed by atoms with Crippen molar-refractivity contribution in [3.8, 4) is 0 Å². The molecule has 2 rings (SSSR count). The van der Waals surface area contributed by atoms with Crippen molar-refractivity contribution in [2.45, 2.75) is 26.3 Å². The molecule has 2 nitrogen and oxygen atoms in total. The van der Waals surface area contributed by atoms with Crippen LogP contribution in [0.5, 0.6) is 0 Å². The van der Waals surface area contributed by atoms with Gasteiger partial charge in [0.15, 0.2) is 5.43 Å². The van der Waals surface area contributed by atoms with Crippen LogP contribution in [0.2, 0.25) is 0 Å². The lowest BCUT2D eigenvalue weighted by atomic mass is 10.1. The van der Waals surface area contributed by atoms with Crippen LogP contribution >= 0.6 is 0 Å². The van der Waals surface area contributed by atoms with E-state index in [1.807, 2.05) is 44.4 Å². The Bertz CT molecular complexity index is 540. The number of hydrogen-bond acceptors (Lipinski definition) is 1. The molecule has 0 saturated heterocycles. The van der Waals surface area contributed by atoms with E-state index in [9.17, 15) is 4.79 Å². The molecule has 17 heavy (non-hydrogen) atoms. The summed E-state index contributed by atoms with van der Waals surface area (Å²) in [4.78, 5) is 11.7. The summed E-state index contributed by atoms with van der Waals surface area (Å²) in [5, 5.41) is 0. The second-order valence-electron chi connectivity index (χ2n) is 4.58. The quantitative estimate of drug-likeness (QED) is 0.790. The van der Waals surface area contributed by atoms with E-state index in [1.54, 1.807) is 6.07 Å². The van der Waals surface area contributed by atoms with Crippen molar-refractivity contribution in [1.82, 2.24) is 4.57 Å². The maximum Gasteiger partial charge on any atom is 0.184 e. The van der Waals surface area contributed by atoms with Crippen LogP contribution in [0.3, 0.4) is 0 Å². The van der Waals surface area contributed by atoms with E-state index in [1.165, 1.54) is 5.56 Å². The first-order chi connectivity index (χ1) is 8.16. The molecule has 0 radical (unpaired) electrons. The molecule has 0 N–H and O–H groups in total. The second kappa shape index (κ2) is 5.00. The highest BCUT2D eigenvalue weighted by Crippen LogP contribution is 2.09. The summed E-state index contributed by atoms with van der Waals surface area (Å²) in [5.74, 6) is 0.269. The Morgan fingerprint density at radius 2 is 1.82 bits per heavy atom. The first-order valence-electron chi connectivity index (χ1n) is 5.91. The lowest BCUT2D eigenvalue weighted by Crippen LogP contribution is -2.13. The monoisotopic (exact) mass is 227 g/mol. The van der Waals surface area contributed by atoms with Crippen molar-refractivity contribution in [3.63, 3.8) is 0 Å². The molecule has 88 valence electrons. The molecular weight excluding hydrogens is 210 g/mol. The summed E-state index contributed by atoms with van der Waals surface area (Å²) >= 11 is 0. The van der Waals surface area contributed by atoms with Crippen LogP contribution in [0.25, 0.3) is 0 Å². The van der Waals surface area contributed by atoms with E-state index in [2.05, 4.69) is 16.7 Å². The zero-order chi connectivity index (χ0) is 12.3. The zero-order valence-electron chi connectivity index (χ0n) is 10.3. The van der Waals surface area contributed by atoms with Crippen molar-refractivity contribution >= 4 is 0 Å². The van der Waals surface area contributed by atoms with Crippen molar-refractivity contribution in [1.29, 1.82) is 0 Å². The van der Waals surface area contributed by atoms with E-state index in [-0.39, 0.29) is 11.3 Å². The Morgan fingerprint density at radius 1 is 1.12 bits per heavy atom. The molecule has 0 bridgehead atoms. The van der Waals surface area contributed by atoms with Gasteiger partial charge in [0, 0.05) is 30.6 Å². The van der Waals surface area contributed by atoms with E-state index in [0.717, 1.165) is 12.1 Å². The topological polar surface area (TPSA) is 22.0 Å². The molecule has 1 heterocycles. The van der Waals surface area contributed by atoms with Crippen LogP contribution in [0.1, 0.15) is 30.9 Å². The van der Waals surface area contributed by atoms with Gasteiger partial charge in [0.05, 0.1) is 0 Å². The number of nitrogens with zero attached hydrogens (tertiary/aromatic N) is 1. The average Bonchev–Trinajstić information content (AvgIpc) is 2.32. The number of hydrogen-bond donors (Lipinski definition) is 0. The van der Waals surface area contributed by atoms with E-state index in [4.69, 9.17) is 0 Å². The van der Waals surface area contributed by atoms with Crippen molar-refractivity contribution in [2.75, 3.05) is 0 Å². The number of benzene rings is 1. The fraction of sp³-hybridized carbons (Fsp3) is 0.267. The number of rotatable bonds is 3. The highest BCUT2D eigenvalue weighted by molar-refractivity contribution is 5.18. The van der Waals surface area contributed by atoms with Gasteiger partial charge in [-0.05, 0) is 11.5 Å². The Labute approximate surface area is 102 Å². The van der Waals surface area contributed by atoms with Gasteiger partial charge in [-0.1, -0.05) is 44.2 Å². The molecule has 0 aliphatic carbocycles. The predicted octanol–water partition coefficient (Wildman–Crippen LogP) is 3.02. The minimum atomic E-state index is 0.129. The van der Waals surface area contributed by atoms with Crippen molar-refractivity contribution in [2.24, 2.45) is 0 Å². The van der Waals surface area contributed by atoms with E-state index < -0.39 is 0 Å².